The normalized spacial score (nSPS) is 11.4. The van der Waals surface area contributed by atoms with Gasteiger partial charge in [-0.05, 0) is 18.2 Å². The van der Waals surface area contributed by atoms with Gasteiger partial charge in [0.25, 0.3) is 5.91 Å². The van der Waals surface area contributed by atoms with Gasteiger partial charge in [-0.15, -0.1) is 0 Å². The number of carbonyl (C=O) groups is 1. The van der Waals surface area contributed by atoms with E-state index in [4.69, 9.17) is 23.2 Å². The van der Waals surface area contributed by atoms with E-state index >= 15 is 0 Å². The number of carbonyl (C=O) groups excluding carboxylic acids is 1. The summed E-state index contributed by atoms with van der Waals surface area (Å²) < 4.78 is 39.1. The van der Waals surface area contributed by atoms with Crippen LogP contribution in [-0.2, 0) is 6.18 Å². The molecule has 0 aliphatic heterocycles. The second kappa shape index (κ2) is 6.25. The number of alkyl halides is 3. The van der Waals surface area contributed by atoms with Crippen molar-refractivity contribution in [2.75, 3.05) is 11.9 Å². The molecule has 0 saturated carbocycles. The molecule has 2 rings (SSSR count). The van der Waals surface area contributed by atoms with E-state index in [-0.39, 0.29) is 20.5 Å². The average molecular weight is 365 g/mol. The second-order valence-electron chi connectivity index (χ2n) is 4.59. The monoisotopic (exact) mass is 364 g/mol. The molecule has 0 unspecified atom stereocenters. The Kier molecular flexibility index (Phi) is 4.72. The van der Waals surface area contributed by atoms with Gasteiger partial charge in [0.2, 0.25) is 0 Å². The van der Waals surface area contributed by atoms with Crippen LogP contribution in [0.3, 0.4) is 0 Å². The first-order valence-electron chi connectivity index (χ1n) is 6.14. The zero-order valence-electron chi connectivity index (χ0n) is 11.6. The SMILES string of the molecule is CN(C(=O)c1c[n+]([O-])ccc1C(F)(F)F)c1ccc(Cl)c(Cl)c1. The lowest BCUT2D eigenvalue weighted by Gasteiger charge is -2.19. The minimum absolute atomic E-state index is 0.130. The van der Waals surface area contributed by atoms with Gasteiger partial charge in [0.1, 0.15) is 5.56 Å². The van der Waals surface area contributed by atoms with Crippen molar-refractivity contribution >= 4 is 34.8 Å². The molecule has 2 aromatic rings. The Labute approximate surface area is 139 Å². The van der Waals surface area contributed by atoms with Crippen LogP contribution in [0.5, 0.6) is 0 Å². The molecule has 0 atom stereocenters. The number of aromatic nitrogens is 1. The van der Waals surface area contributed by atoms with E-state index in [0.717, 1.165) is 4.90 Å². The third-order valence-electron chi connectivity index (χ3n) is 3.07. The van der Waals surface area contributed by atoms with Crippen molar-refractivity contribution < 1.29 is 22.7 Å². The maximum atomic E-state index is 13.0. The fraction of sp³-hybridized carbons (Fsp3) is 0.143. The van der Waals surface area contributed by atoms with E-state index in [2.05, 4.69) is 0 Å². The average Bonchev–Trinajstić information content (AvgIpc) is 2.47. The maximum absolute atomic E-state index is 13.0. The fourth-order valence-corrected chi connectivity index (χ4v) is 2.18. The Morgan fingerprint density at radius 2 is 1.87 bits per heavy atom. The van der Waals surface area contributed by atoms with Crippen molar-refractivity contribution in [2.24, 2.45) is 0 Å². The largest absolute Gasteiger partial charge is 0.619 e. The van der Waals surface area contributed by atoms with Gasteiger partial charge in [-0.2, -0.15) is 17.9 Å². The van der Waals surface area contributed by atoms with Gasteiger partial charge in [-0.1, -0.05) is 23.2 Å². The Hall–Kier alpha value is -1.99. The van der Waals surface area contributed by atoms with Crippen molar-refractivity contribution in [1.82, 2.24) is 0 Å². The molecular formula is C14H9Cl2F3N2O2. The highest BCUT2D eigenvalue weighted by atomic mass is 35.5. The van der Waals surface area contributed by atoms with Gasteiger partial charge in [0, 0.05) is 18.8 Å². The summed E-state index contributed by atoms with van der Waals surface area (Å²) in [7, 11) is 1.27. The van der Waals surface area contributed by atoms with Gasteiger partial charge in [0.05, 0.1) is 15.6 Å². The molecule has 1 aromatic carbocycles. The smallest absolute Gasteiger partial charge is 0.417 e. The Balaban J connectivity index is 2.47. The molecule has 9 heteroatoms. The maximum Gasteiger partial charge on any atom is 0.417 e. The summed E-state index contributed by atoms with van der Waals surface area (Å²) in [5.74, 6) is -0.999. The number of nitrogens with zero attached hydrogens (tertiary/aromatic N) is 2. The number of hydrogen-bond donors (Lipinski definition) is 0. The number of anilines is 1. The zero-order chi connectivity index (χ0) is 17.4. The van der Waals surface area contributed by atoms with Crippen LogP contribution in [0, 0.1) is 5.21 Å². The van der Waals surface area contributed by atoms with E-state index in [1.165, 1.54) is 25.2 Å². The van der Waals surface area contributed by atoms with Crippen LogP contribution in [0.2, 0.25) is 10.0 Å². The Morgan fingerprint density at radius 1 is 1.22 bits per heavy atom. The summed E-state index contributed by atoms with van der Waals surface area (Å²) in [6, 6.07) is 4.73. The molecule has 1 amide bonds. The number of hydrogen-bond acceptors (Lipinski definition) is 2. The summed E-state index contributed by atoms with van der Waals surface area (Å²) in [6.07, 6.45) is -3.50. The number of amides is 1. The van der Waals surface area contributed by atoms with E-state index in [1.807, 2.05) is 0 Å². The molecule has 4 nitrogen and oxygen atoms in total. The highest BCUT2D eigenvalue weighted by molar-refractivity contribution is 6.42. The van der Waals surface area contributed by atoms with Gasteiger partial charge >= 0.3 is 6.18 Å². The highest BCUT2D eigenvalue weighted by Gasteiger charge is 2.37. The first-order chi connectivity index (χ1) is 10.6. The molecule has 0 aliphatic carbocycles. The summed E-state index contributed by atoms with van der Waals surface area (Å²) in [5.41, 5.74) is -1.72. The van der Waals surface area contributed by atoms with E-state index < -0.39 is 23.2 Å². The van der Waals surface area contributed by atoms with Crippen LogP contribution in [-0.4, -0.2) is 13.0 Å². The highest BCUT2D eigenvalue weighted by Crippen LogP contribution is 2.33. The minimum atomic E-state index is -4.77. The topological polar surface area (TPSA) is 47.2 Å². The summed E-state index contributed by atoms with van der Waals surface area (Å²) in [4.78, 5) is 13.3. The van der Waals surface area contributed by atoms with Crippen molar-refractivity contribution in [3.8, 4) is 0 Å². The van der Waals surface area contributed by atoms with Gasteiger partial charge in [-0.25, -0.2) is 0 Å². The molecule has 122 valence electrons. The third kappa shape index (κ3) is 3.68. The van der Waals surface area contributed by atoms with Gasteiger partial charge in [0.15, 0.2) is 12.4 Å². The molecule has 1 aromatic heterocycles. The minimum Gasteiger partial charge on any atom is -0.619 e. The predicted octanol–water partition coefficient (Wildman–Crippen LogP) is 3.92. The number of pyridine rings is 1. The molecule has 0 spiro atoms. The lowest BCUT2D eigenvalue weighted by Crippen LogP contribution is -2.34. The van der Waals surface area contributed by atoms with Crippen LogP contribution in [0.1, 0.15) is 15.9 Å². The molecular weight excluding hydrogens is 356 g/mol. The fourth-order valence-electron chi connectivity index (χ4n) is 1.89. The first kappa shape index (κ1) is 17.4. The summed E-state index contributed by atoms with van der Waals surface area (Å²) >= 11 is 11.6. The second-order valence-corrected chi connectivity index (χ2v) is 5.41. The quantitative estimate of drug-likeness (QED) is 0.598. The lowest BCUT2D eigenvalue weighted by atomic mass is 10.1. The Morgan fingerprint density at radius 3 is 2.43 bits per heavy atom. The van der Waals surface area contributed by atoms with Crippen LogP contribution >= 0.6 is 23.2 Å². The molecule has 0 bridgehead atoms. The van der Waals surface area contributed by atoms with Crippen molar-refractivity contribution in [3.63, 3.8) is 0 Å². The van der Waals surface area contributed by atoms with E-state index in [9.17, 15) is 23.2 Å². The molecule has 0 fully saturated rings. The summed E-state index contributed by atoms with van der Waals surface area (Å²) in [5, 5.41) is 11.7. The molecule has 23 heavy (non-hydrogen) atoms. The van der Waals surface area contributed by atoms with E-state index in [0.29, 0.717) is 18.5 Å². The molecule has 0 N–H and O–H groups in total. The van der Waals surface area contributed by atoms with Crippen LogP contribution in [0.4, 0.5) is 18.9 Å². The molecule has 1 heterocycles. The number of halogens is 5. The van der Waals surface area contributed by atoms with Crippen LogP contribution in [0.15, 0.2) is 36.7 Å². The van der Waals surface area contributed by atoms with Gasteiger partial charge < -0.3 is 10.1 Å². The van der Waals surface area contributed by atoms with Crippen molar-refractivity contribution in [3.05, 3.63) is 63.0 Å². The molecule has 0 saturated heterocycles. The van der Waals surface area contributed by atoms with E-state index in [1.54, 1.807) is 0 Å². The zero-order valence-corrected chi connectivity index (χ0v) is 13.1. The van der Waals surface area contributed by atoms with Crippen molar-refractivity contribution in [2.45, 2.75) is 6.18 Å². The standard InChI is InChI=1S/C14H9Cl2F3N2O2/c1-20(8-2-3-11(15)12(16)6-8)13(22)9-7-21(23)5-4-10(9)14(17,18)19/h2-7H,1H3. The Bertz CT molecular complexity index is 766. The first-order valence-corrected chi connectivity index (χ1v) is 6.90. The molecule has 0 radical (unpaired) electrons. The molecule has 0 aliphatic rings. The summed E-state index contributed by atoms with van der Waals surface area (Å²) in [6.45, 7) is 0. The van der Waals surface area contributed by atoms with Gasteiger partial charge in [-0.3, -0.25) is 4.79 Å². The number of rotatable bonds is 2. The van der Waals surface area contributed by atoms with Crippen LogP contribution in [0.25, 0.3) is 0 Å². The third-order valence-corrected chi connectivity index (χ3v) is 3.80. The number of benzene rings is 1. The predicted molar refractivity (Wildman–Crippen MR) is 79.6 cm³/mol. The van der Waals surface area contributed by atoms with Crippen molar-refractivity contribution in [1.29, 1.82) is 0 Å². The van der Waals surface area contributed by atoms with Crippen LogP contribution < -0.4 is 9.63 Å². The lowest BCUT2D eigenvalue weighted by molar-refractivity contribution is -0.605.